The van der Waals surface area contributed by atoms with Crippen molar-refractivity contribution in [1.82, 2.24) is 4.90 Å². The van der Waals surface area contributed by atoms with Gasteiger partial charge in [0.25, 0.3) is 0 Å². The van der Waals surface area contributed by atoms with Gasteiger partial charge in [0, 0.05) is 23.2 Å². The zero-order valence-corrected chi connectivity index (χ0v) is 12.2. The van der Waals surface area contributed by atoms with Crippen LogP contribution in [-0.4, -0.2) is 24.0 Å². The number of nitrogens with zero attached hydrogens (tertiary/aromatic N) is 1. The third kappa shape index (κ3) is 3.28. The van der Waals surface area contributed by atoms with Crippen LogP contribution in [0.1, 0.15) is 44.2 Å². The Morgan fingerprint density at radius 2 is 2.11 bits per heavy atom. The van der Waals surface area contributed by atoms with Gasteiger partial charge < -0.3 is 5.73 Å². The molecule has 1 atom stereocenters. The molecule has 0 aromatic heterocycles. The van der Waals surface area contributed by atoms with E-state index in [0.29, 0.717) is 23.2 Å². The van der Waals surface area contributed by atoms with Crippen LogP contribution < -0.4 is 5.73 Å². The minimum Gasteiger partial charge on any atom is -0.329 e. The van der Waals surface area contributed by atoms with Crippen LogP contribution >= 0.6 is 11.6 Å². The number of hydrogen-bond donors (Lipinski definition) is 1. The maximum Gasteiger partial charge on any atom is 0.129 e. The summed E-state index contributed by atoms with van der Waals surface area (Å²) in [5.74, 6) is -0.251. The molecule has 1 aliphatic rings. The number of halogens is 2. The third-order valence-corrected chi connectivity index (χ3v) is 4.34. The van der Waals surface area contributed by atoms with E-state index in [1.807, 2.05) is 0 Å². The highest BCUT2D eigenvalue weighted by Gasteiger charge is 2.29. The van der Waals surface area contributed by atoms with Gasteiger partial charge in [-0.15, -0.1) is 0 Å². The Morgan fingerprint density at radius 1 is 1.42 bits per heavy atom. The molecule has 0 amide bonds. The summed E-state index contributed by atoms with van der Waals surface area (Å²) >= 11 is 5.82. The Bertz CT molecular complexity index is 419. The van der Waals surface area contributed by atoms with E-state index in [9.17, 15) is 4.39 Å². The van der Waals surface area contributed by atoms with Crippen molar-refractivity contribution in [2.75, 3.05) is 13.1 Å². The van der Waals surface area contributed by atoms with Gasteiger partial charge in [0.05, 0.1) is 6.04 Å². The number of rotatable bonds is 5. The standard InChI is InChI=1S/C15H22ClFN2/c1-2-19(12-5-3-4-6-12)15(10-18)13-8-7-11(16)9-14(13)17/h7-9,12,15H,2-6,10,18H2,1H3. The molecule has 1 saturated carbocycles. The van der Waals surface area contributed by atoms with Gasteiger partial charge in [-0.3, -0.25) is 4.90 Å². The lowest BCUT2D eigenvalue weighted by atomic mass is 10.0. The molecule has 1 fully saturated rings. The quantitative estimate of drug-likeness (QED) is 0.892. The Kier molecular flexibility index (Phi) is 5.20. The predicted molar refractivity (Wildman–Crippen MR) is 77.8 cm³/mol. The van der Waals surface area contributed by atoms with Gasteiger partial charge in [-0.2, -0.15) is 0 Å². The van der Waals surface area contributed by atoms with Gasteiger partial charge in [0.15, 0.2) is 0 Å². The zero-order valence-electron chi connectivity index (χ0n) is 11.4. The number of likely N-dealkylation sites (N-methyl/N-ethyl adjacent to an activating group) is 1. The van der Waals surface area contributed by atoms with Crippen LogP contribution in [0.5, 0.6) is 0 Å². The van der Waals surface area contributed by atoms with Gasteiger partial charge in [0.2, 0.25) is 0 Å². The van der Waals surface area contributed by atoms with Crippen LogP contribution in [0.25, 0.3) is 0 Å². The second-order valence-corrected chi connectivity index (χ2v) is 5.62. The topological polar surface area (TPSA) is 29.3 Å². The maximum absolute atomic E-state index is 14.1. The second kappa shape index (κ2) is 6.69. The van der Waals surface area contributed by atoms with Crippen LogP contribution in [0.2, 0.25) is 5.02 Å². The van der Waals surface area contributed by atoms with Crippen LogP contribution in [0, 0.1) is 5.82 Å². The second-order valence-electron chi connectivity index (χ2n) is 5.19. The normalized spacial score (nSPS) is 18.2. The summed E-state index contributed by atoms with van der Waals surface area (Å²) in [6.07, 6.45) is 4.92. The molecule has 4 heteroatoms. The minimum absolute atomic E-state index is 0.0506. The van der Waals surface area contributed by atoms with E-state index in [0.717, 1.165) is 6.54 Å². The lowest BCUT2D eigenvalue weighted by Gasteiger charge is -2.35. The van der Waals surface area contributed by atoms with Crippen LogP contribution in [0.15, 0.2) is 18.2 Å². The van der Waals surface area contributed by atoms with E-state index >= 15 is 0 Å². The van der Waals surface area contributed by atoms with Crippen molar-refractivity contribution in [2.45, 2.75) is 44.7 Å². The number of benzene rings is 1. The van der Waals surface area contributed by atoms with Crippen molar-refractivity contribution < 1.29 is 4.39 Å². The zero-order chi connectivity index (χ0) is 13.8. The molecule has 0 radical (unpaired) electrons. The largest absolute Gasteiger partial charge is 0.329 e. The highest BCUT2D eigenvalue weighted by atomic mass is 35.5. The lowest BCUT2D eigenvalue weighted by molar-refractivity contribution is 0.144. The van der Waals surface area contributed by atoms with Gasteiger partial charge in [-0.25, -0.2) is 4.39 Å². The number of hydrogen-bond acceptors (Lipinski definition) is 2. The first-order valence-electron chi connectivity index (χ1n) is 7.08. The lowest BCUT2D eigenvalue weighted by Crippen LogP contribution is -2.40. The summed E-state index contributed by atoms with van der Waals surface area (Å²) in [6.45, 7) is 3.45. The molecule has 1 aliphatic carbocycles. The van der Waals surface area contributed by atoms with Crippen molar-refractivity contribution in [1.29, 1.82) is 0 Å². The van der Waals surface area contributed by atoms with Crippen LogP contribution in [0.4, 0.5) is 4.39 Å². The summed E-state index contributed by atoms with van der Waals surface area (Å²) < 4.78 is 14.1. The van der Waals surface area contributed by atoms with E-state index in [2.05, 4.69) is 11.8 Å². The summed E-state index contributed by atoms with van der Waals surface area (Å²) in [5, 5.41) is 0.431. The van der Waals surface area contributed by atoms with Crippen LogP contribution in [-0.2, 0) is 0 Å². The van der Waals surface area contributed by atoms with Crippen molar-refractivity contribution in [3.05, 3.63) is 34.6 Å². The molecule has 1 unspecified atom stereocenters. The fraction of sp³-hybridized carbons (Fsp3) is 0.600. The van der Waals surface area contributed by atoms with Crippen molar-refractivity contribution in [3.8, 4) is 0 Å². The molecule has 1 aromatic carbocycles. The van der Waals surface area contributed by atoms with Crippen molar-refractivity contribution in [3.63, 3.8) is 0 Å². The van der Waals surface area contributed by atoms with Gasteiger partial charge in [0.1, 0.15) is 5.82 Å². The highest BCUT2D eigenvalue weighted by Crippen LogP contribution is 2.32. The summed E-state index contributed by atoms with van der Waals surface area (Å²) in [7, 11) is 0. The Labute approximate surface area is 119 Å². The molecular weight excluding hydrogens is 263 g/mol. The van der Waals surface area contributed by atoms with Gasteiger partial charge >= 0.3 is 0 Å². The molecule has 106 valence electrons. The smallest absolute Gasteiger partial charge is 0.129 e. The molecule has 0 saturated heterocycles. The monoisotopic (exact) mass is 284 g/mol. The Hall–Kier alpha value is -0.640. The molecule has 1 aromatic rings. The van der Waals surface area contributed by atoms with E-state index in [1.54, 1.807) is 12.1 Å². The first kappa shape index (κ1) is 14.8. The highest BCUT2D eigenvalue weighted by molar-refractivity contribution is 6.30. The van der Waals surface area contributed by atoms with E-state index in [1.165, 1.54) is 31.7 Å². The van der Waals surface area contributed by atoms with Crippen molar-refractivity contribution >= 4 is 11.6 Å². The molecule has 19 heavy (non-hydrogen) atoms. The molecule has 2 nitrogen and oxygen atoms in total. The summed E-state index contributed by atoms with van der Waals surface area (Å²) in [4.78, 5) is 2.35. The minimum atomic E-state index is -0.251. The molecule has 0 spiro atoms. The third-order valence-electron chi connectivity index (χ3n) is 4.10. The van der Waals surface area contributed by atoms with E-state index in [-0.39, 0.29) is 11.9 Å². The predicted octanol–water partition coefficient (Wildman–Crippen LogP) is 3.74. The summed E-state index contributed by atoms with van der Waals surface area (Å²) in [5.41, 5.74) is 6.58. The van der Waals surface area contributed by atoms with Gasteiger partial charge in [-0.1, -0.05) is 37.4 Å². The van der Waals surface area contributed by atoms with E-state index < -0.39 is 0 Å². The fourth-order valence-corrected chi connectivity index (χ4v) is 3.34. The molecule has 0 aliphatic heterocycles. The molecule has 0 heterocycles. The number of nitrogens with two attached hydrogens (primary N) is 1. The summed E-state index contributed by atoms with van der Waals surface area (Å²) in [6, 6.07) is 5.37. The average Bonchev–Trinajstić information content (AvgIpc) is 2.90. The fourth-order valence-electron chi connectivity index (χ4n) is 3.18. The Balaban J connectivity index is 2.26. The SMILES string of the molecule is CCN(C1CCCC1)C(CN)c1ccc(Cl)cc1F. The molecule has 2 N–H and O–H groups in total. The first-order valence-corrected chi connectivity index (χ1v) is 7.46. The maximum atomic E-state index is 14.1. The first-order chi connectivity index (χ1) is 9.17. The van der Waals surface area contributed by atoms with Gasteiger partial charge in [-0.05, 0) is 31.5 Å². The molecule has 2 rings (SSSR count). The molecule has 0 bridgehead atoms. The average molecular weight is 285 g/mol. The Morgan fingerprint density at radius 3 is 2.63 bits per heavy atom. The molecular formula is C15H22ClFN2. The van der Waals surface area contributed by atoms with Crippen LogP contribution in [0.3, 0.4) is 0 Å². The van der Waals surface area contributed by atoms with Crippen molar-refractivity contribution in [2.24, 2.45) is 5.73 Å². The van der Waals surface area contributed by atoms with E-state index in [4.69, 9.17) is 17.3 Å².